The molecule has 9 nitrogen and oxygen atoms in total. The number of aromatic nitrogens is 5. The van der Waals surface area contributed by atoms with Gasteiger partial charge in [-0.25, -0.2) is 0 Å². The second kappa shape index (κ2) is 8.67. The molecule has 0 aliphatic rings. The maximum atomic E-state index is 10.7. The third-order valence-corrected chi connectivity index (χ3v) is 4.88. The fraction of sp³-hybridized carbons (Fsp3) is 0.353. The van der Waals surface area contributed by atoms with Crippen LogP contribution in [0, 0.1) is 10.1 Å². The second-order valence-corrected chi connectivity index (χ2v) is 6.77. The zero-order valence-corrected chi connectivity index (χ0v) is 15.9. The number of hydrogen-bond donors (Lipinski definition) is 0. The van der Waals surface area contributed by atoms with Crippen molar-refractivity contribution in [2.45, 2.75) is 30.8 Å². The lowest BCUT2D eigenvalue weighted by Gasteiger charge is -2.07. The lowest BCUT2D eigenvalue weighted by Crippen LogP contribution is -1.99. The van der Waals surface area contributed by atoms with Gasteiger partial charge in [-0.15, -0.1) is 10.2 Å². The minimum Gasteiger partial charge on any atom is -0.494 e. The van der Waals surface area contributed by atoms with Crippen molar-refractivity contribution in [1.82, 2.24) is 24.5 Å². The Balaban J connectivity index is 1.64. The van der Waals surface area contributed by atoms with Crippen molar-refractivity contribution >= 4 is 17.4 Å². The molecular formula is C17H20N6O3S. The van der Waals surface area contributed by atoms with E-state index in [-0.39, 0.29) is 5.69 Å². The molecule has 0 unspecified atom stereocenters. The average molecular weight is 388 g/mol. The van der Waals surface area contributed by atoms with Gasteiger partial charge in [0, 0.05) is 12.6 Å². The molecule has 10 heteroatoms. The minimum absolute atomic E-state index is 0.0319. The van der Waals surface area contributed by atoms with Crippen LogP contribution in [-0.4, -0.2) is 36.1 Å². The van der Waals surface area contributed by atoms with Crippen LogP contribution in [0.1, 0.15) is 19.8 Å². The van der Waals surface area contributed by atoms with E-state index in [0.717, 1.165) is 30.0 Å². The van der Waals surface area contributed by atoms with E-state index in [1.165, 1.54) is 28.8 Å². The van der Waals surface area contributed by atoms with Crippen LogP contribution < -0.4 is 4.74 Å². The first-order chi connectivity index (χ1) is 13.1. The molecule has 3 aromatic rings. The van der Waals surface area contributed by atoms with Crippen LogP contribution in [0.4, 0.5) is 5.69 Å². The van der Waals surface area contributed by atoms with Crippen molar-refractivity contribution in [2.75, 3.05) is 6.61 Å². The summed E-state index contributed by atoms with van der Waals surface area (Å²) in [5, 5.41) is 23.8. The molecule has 0 amide bonds. The third kappa shape index (κ3) is 4.64. The molecule has 2 heterocycles. The first kappa shape index (κ1) is 18.9. The minimum atomic E-state index is -0.468. The quantitative estimate of drug-likeness (QED) is 0.239. The number of ether oxygens (including phenoxy) is 1. The maximum Gasteiger partial charge on any atom is 0.307 e. The highest BCUT2D eigenvalue weighted by Crippen LogP contribution is 2.25. The van der Waals surface area contributed by atoms with Crippen molar-refractivity contribution in [2.24, 2.45) is 7.05 Å². The van der Waals surface area contributed by atoms with Gasteiger partial charge >= 0.3 is 5.69 Å². The molecule has 0 saturated heterocycles. The molecule has 3 rings (SSSR count). The summed E-state index contributed by atoms with van der Waals surface area (Å²) in [5.74, 6) is 1.98. The van der Waals surface area contributed by atoms with Gasteiger partial charge in [-0.3, -0.25) is 14.8 Å². The van der Waals surface area contributed by atoms with Gasteiger partial charge in [-0.05, 0) is 30.7 Å². The van der Waals surface area contributed by atoms with Crippen LogP contribution in [0.2, 0.25) is 0 Å². The number of nitrogens with zero attached hydrogens (tertiary/aromatic N) is 6. The molecule has 0 N–H and O–H groups in total. The molecule has 142 valence electrons. The zero-order valence-electron chi connectivity index (χ0n) is 15.1. The van der Waals surface area contributed by atoms with E-state index >= 15 is 0 Å². The number of hydrogen-bond acceptors (Lipinski definition) is 7. The monoisotopic (exact) mass is 388 g/mol. The number of unbranched alkanes of at least 4 members (excludes halogenated alkanes) is 1. The molecule has 0 spiro atoms. The Morgan fingerprint density at radius 1 is 1.26 bits per heavy atom. The number of benzene rings is 1. The lowest BCUT2D eigenvalue weighted by atomic mass is 10.2. The van der Waals surface area contributed by atoms with E-state index in [2.05, 4.69) is 22.2 Å². The summed E-state index contributed by atoms with van der Waals surface area (Å²) in [6.07, 6.45) is 4.75. The summed E-state index contributed by atoms with van der Waals surface area (Å²) in [4.78, 5) is 10.2. The van der Waals surface area contributed by atoms with Crippen LogP contribution in [0.5, 0.6) is 5.75 Å². The van der Waals surface area contributed by atoms with E-state index in [9.17, 15) is 10.1 Å². The fourth-order valence-electron chi connectivity index (χ4n) is 2.37. The topological polar surface area (TPSA) is 101 Å². The Kier molecular flexibility index (Phi) is 6.07. The Bertz CT molecular complexity index is 906. The fourth-order valence-corrected chi connectivity index (χ4v) is 3.14. The molecule has 0 bridgehead atoms. The zero-order chi connectivity index (χ0) is 19.2. The van der Waals surface area contributed by atoms with Crippen molar-refractivity contribution in [1.29, 1.82) is 0 Å². The Morgan fingerprint density at radius 2 is 2.04 bits per heavy atom. The number of thioether (sulfide) groups is 1. The Labute approximate surface area is 160 Å². The van der Waals surface area contributed by atoms with Gasteiger partial charge in [0.2, 0.25) is 0 Å². The normalized spacial score (nSPS) is 10.9. The SMILES string of the molecule is CCCCOc1ccc(-c2nnc(SCn3cc([N+](=O)[O-])cn3)n2C)cc1. The van der Waals surface area contributed by atoms with Crippen LogP contribution in [0.3, 0.4) is 0 Å². The van der Waals surface area contributed by atoms with Gasteiger partial charge in [0.25, 0.3) is 0 Å². The van der Waals surface area contributed by atoms with Crippen LogP contribution in [0.25, 0.3) is 11.4 Å². The smallest absolute Gasteiger partial charge is 0.307 e. The second-order valence-electron chi connectivity index (χ2n) is 5.86. The summed E-state index contributed by atoms with van der Waals surface area (Å²) in [6, 6.07) is 7.76. The highest BCUT2D eigenvalue weighted by Gasteiger charge is 2.13. The van der Waals surface area contributed by atoms with Gasteiger partial charge in [0.15, 0.2) is 11.0 Å². The Hall–Kier alpha value is -2.88. The van der Waals surface area contributed by atoms with E-state index in [0.29, 0.717) is 17.6 Å². The van der Waals surface area contributed by atoms with Crippen molar-refractivity contribution < 1.29 is 9.66 Å². The van der Waals surface area contributed by atoms with E-state index in [1.54, 1.807) is 0 Å². The van der Waals surface area contributed by atoms with Crippen molar-refractivity contribution in [3.8, 4) is 17.1 Å². The number of rotatable bonds is 9. The van der Waals surface area contributed by atoms with Gasteiger partial charge in [0.05, 0.1) is 17.4 Å². The highest BCUT2D eigenvalue weighted by atomic mass is 32.2. The van der Waals surface area contributed by atoms with Crippen LogP contribution >= 0.6 is 11.8 Å². The Morgan fingerprint density at radius 3 is 2.70 bits per heavy atom. The molecule has 0 saturated carbocycles. The molecule has 0 aliphatic carbocycles. The standard InChI is InChI=1S/C17H20N6O3S/c1-3-4-9-26-15-7-5-13(6-8-15)16-19-20-17(21(16)2)27-12-22-11-14(10-18-22)23(24)25/h5-8,10-11H,3-4,9,12H2,1-2H3. The van der Waals surface area contributed by atoms with Gasteiger partial charge in [0.1, 0.15) is 18.1 Å². The van der Waals surface area contributed by atoms with Gasteiger partial charge in [-0.2, -0.15) is 5.10 Å². The maximum absolute atomic E-state index is 10.7. The molecule has 1 aromatic carbocycles. The summed E-state index contributed by atoms with van der Waals surface area (Å²) in [5.41, 5.74) is 0.907. The lowest BCUT2D eigenvalue weighted by molar-refractivity contribution is -0.385. The predicted molar refractivity (Wildman–Crippen MR) is 102 cm³/mol. The summed E-state index contributed by atoms with van der Waals surface area (Å²) < 4.78 is 9.06. The van der Waals surface area contributed by atoms with Gasteiger partial charge < -0.3 is 9.30 Å². The molecule has 0 aliphatic heterocycles. The summed E-state index contributed by atoms with van der Waals surface area (Å²) in [7, 11) is 1.88. The average Bonchev–Trinajstić information content (AvgIpc) is 3.28. The summed E-state index contributed by atoms with van der Waals surface area (Å²) >= 11 is 1.40. The predicted octanol–water partition coefficient (Wildman–Crippen LogP) is 3.52. The molecular weight excluding hydrogens is 368 g/mol. The molecule has 0 radical (unpaired) electrons. The van der Waals surface area contributed by atoms with Crippen LogP contribution in [0.15, 0.2) is 41.8 Å². The first-order valence-corrected chi connectivity index (χ1v) is 9.49. The van der Waals surface area contributed by atoms with E-state index < -0.39 is 4.92 Å². The van der Waals surface area contributed by atoms with Crippen LogP contribution in [-0.2, 0) is 12.9 Å². The molecule has 27 heavy (non-hydrogen) atoms. The number of nitro groups is 1. The summed E-state index contributed by atoms with van der Waals surface area (Å²) in [6.45, 7) is 2.84. The molecule has 0 atom stereocenters. The van der Waals surface area contributed by atoms with E-state index in [4.69, 9.17) is 4.74 Å². The first-order valence-electron chi connectivity index (χ1n) is 8.50. The van der Waals surface area contributed by atoms with Crippen molar-refractivity contribution in [3.63, 3.8) is 0 Å². The molecule has 2 aromatic heterocycles. The highest BCUT2D eigenvalue weighted by molar-refractivity contribution is 7.98. The third-order valence-electron chi connectivity index (χ3n) is 3.87. The largest absolute Gasteiger partial charge is 0.494 e. The van der Waals surface area contributed by atoms with Crippen molar-refractivity contribution in [3.05, 3.63) is 46.8 Å². The van der Waals surface area contributed by atoms with E-state index in [1.807, 2.05) is 35.9 Å². The van der Waals surface area contributed by atoms with Gasteiger partial charge in [-0.1, -0.05) is 25.1 Å². The molecule has 0 fully saturated rings.